The highest BCUT2D eigenvalue weighted by Gasteiger charge is 2.24. The molecule has 1 aliphatic heterocycles. The Hall–Kier alpha value is -1.51. The molecule has 1 saturated heterocycles. The predicted molar refractivity (Wildman–Crippen MR) is 78.1 cm³/mol. The summed E-state index contributed by atoms with van der Waals surface area (Å²) in [5.74, 6) is 0.547. The van der Waals surface area contributed by atoms with Gasteiger partial charge in [0.1, 0.15) is 16.4 Å². The molecule has 0 bridgehead atoms. The molecule has 7 nitrogen and oxygen atoms in total. The van der Waals surface area contributed by atoms with Crippen molar-refractivity contribution in [2.24, 2.45) is 0 Å². The van der Waals surface area contributed by atoms with Gasteiger partial charge in [-0.2, -0.15) is 0 Å². The molecule has 2 rings (SSSR count). The Kier molecular flexibility index (Phi) is 4.92. The number of nitrogens with one attached hydrogen (secondary N) is 1. The lowest BCUT2D eigenvalue weighted by Crippen LogP contribution is -2.32. The van der Waals surface area contributed by atoms with Gasteiger partial charge >= 0.3 is 0 Å². The molecule has 0 saturated carbocycles. The molecule has 1 fully saturated rings. The van der Waals surface area contributed by atoms with Crippen LogP contribution in [-0.4, -0.2) is 41.9 Å². The third-order valence-corrected chi connectivity index (χ3v) is 4.78. The molecule has 1 atom stereocenters. The lowest BCUT2D eigenvalue weighted by atomic mass is 10.2. The zero-order chi connectivity index (χ0) is 15.5. The van der Waals surface area contributed by atoms with E-state index >= 15 is 0 Å². The van der Waals surface area contributed by atoms with Crippen molar-refractivity contribution in [3.8, 4) is 11.5 Å². The number of ether oxygens (including phenoxy) is 3. The number of rotatable bonds is 6. The Balaban J connectivity index is 2.23. The maximum Gasteiger partial charge on any atom is 0.244 e. The standard InChI is InChI=1S/C13H20N2O5S/c1-18-11-7-12(19-2)13(6-10(11)14)21(16,17)15-8-9-4-3-5-20-9/h6-7,9,15H,3-5,8,14H2,1-2H3. The summed E-state index contributed by atoms with van der Waals surface area (Å²) < 4.78 is 42.9. The van der Waals surface area contributed by atoms with Crippen LogP contribution < -0.4 is 19.9 Å². The second kappa shape index (κ2) is 6.50. The second-order valence-electron chi connectivity index (χ2n) is 4.73. The van der Waals surface area contributed by atoms with Crippen molar-refractivity contribution in [3.05, 3.63) is 12.1 Å². The zero-order valence-electron chi connectivity index (χ0n) is 12.1. The number of nitrogen functional groups attached to an aromatic ring is 1. The summed E-state index contributed by atoms with van der Waals surface area (Å²) in [5, 5.41) is 0. The monoisotopic (exact) mass is 316 g/mol. The summed E-state index contributed by atoms with van der Waals surface area (Å²) in [6.07, 6.45) is 1.72. The van der Waals surface area contributed by atoms with E-state index in [9.17, 15) is 8.42 Å². The van der Waals surface area contributed by atoms with E-state index in [1.165, 1.54) is 26.4 Å². The van der Waals surface area contributed by atoms with E-state index in [2.05, 4.69) is 4.72 Å². The van der Waals surface area contributed by atoms with Crippen molar-refractivity contribution in [1.29, 1.82) is 0 Å². The first-order valence-corrected chi connectivity index (χ1v) is 8.09. The maximum absolute atomic E-state index is 12.4. The molecule has 1 heterocycles. The van der Waals surface area contributed by atoms with Crippen molar-refractivity contribution in [2.45, 2.75) is 23.8 Å². The van der Waals surface area contributed by atoms with Crippen LogP contribution in [0.15, 0.2) is 17.0 Å². The molecule has 1 aromatic carbocycles. The molecule has 8 heteroatoms. The van der Waals surface area contributed by atoms with Gasteiger partial charge in [0.2, 0.25) is 10.0 Å². The van der Waals surface area contributed by atoms with Crippen molar-refractivity contribution in [3.63, 3.8) is 0 Å². The third-order valence-electron chi connectivity index (χ3n) is 3.33. The van der Waals surface area contributed by atoms with Crippen LogP contribution in [0.1, 0.15) is 12.8 Å². The molecule has 21 heavy (non-hydrogen) atoms. The second-order valence-corrected chi connectivity index (χ2v) is 6.47. The van der Waals surface area contributed by atoms with E-state index in [1.807, 2.05) is 0 Å². The number of benzene rings is 1. The van der Waals surface area contributed by atoms with E-state index in [1.54, 1.807) is 0 Å². The van der Waals surface area contributed by atoms with Crippen LogP contribution in [0.3, 0.4) is 0 Å². The van der Waals surface area contributed by atoms with Crippen LogP contribution in [-0.2, 0) is 14.8 Å². The first-order chi connectivity index (χ1) is 9.97. The highest BCUT2D eigenvalue weighted by Crippen LogP contribution is 2.33. The van der Waals surface area contributed by atoms with Crippen LogP contribution in [0.5, 0.6) is 11.5 Å². The number of sulfonamides is 1. The van der Waals surface area contributed by atoms with Gasteiger partial charge in [-0.3, -0.25) is 0 Å². The number of anilines is 1. The normalized spacial score (nSPS) is 18.7. The van der Waals surface area contributed by atoms with Gasteiger partial charge in [0.25, 0.3) is 0 Å². The first-order valence-electron chi connectivity index (χ1n) is 6.60. The van der Waals surface area contributed by atoms with Gasteiger partial charge in [-0.15, -0.1) is 0 Å². The largest absolute Gasteiger partial charge is 0.495 e. The molecule has 0 amide bonds. The van der Waals surface area contributed by atoms with Crippen LogP contribution in [0.4, 0.5) is 5.69 Å². The summed E-state index contributed by atoms with van der Waals surface area (Å²) in [7, 11) is -0.882. The molecule has 3 N–H and O–H groups in total. The molecule has 1 aromatic rings. The lowest BCUT2D eigenvalue weighted by molar-refractivity contribution is 0.114. The summed E-state index contributed by atoms with van der Waals surface area (Å²) in [6, 6.07) is 2.78. The number of methoxy groups -OCH3 is 2. The van der Waals surface area contributed by atoms with Crippen LogP contribution in [0.2, 0.25) is 0 Å². The van der Waals surface area contributed by atoms with E-state index in [0.717, 1.165) is 12.8 Å². The molecular weight excluding hydrogens is 296 g/mol. The Morgan fingerprint density at radius 3 is 2.62 bits per heavy atom. The Morgan fingerprint density at radius 2 is 2.05 bits per heavy atom. The van der Waals surface area contributed by atoms with Crippen LogP contribution >= 0.6 is 0 Å². The highest BCUT2D eigenvalue weighted by atomic mass is 32.2. The summed E-state index contributed by atoms with van der Waals surface area (Å²) in [4.78, 5) is -0.0127. The summed E-state index contributed by atoms with van der Waals surface area (Å²) in [6.45, 7) is 0.905. The molecule has 0 radical (unpaired) electrons. The number of hydrogen-bond acceptors (Lipinski definition) is 6. The maximum atomic E-state index is 12.4. The Morgan fingerprint density at radius 1 is 1.33 bits per heavy atom. The minimum Gasteiger partial charge on any atom is -0.495 e. The SMILES string of the molecule is COc1cc(OC)c(S(=O)(=O)NCC2CCCO2)cc1N. The molecule has 0 spiro atoms. The fourth-order valence-electron chi connectivity index (χ4n) is 2.19. The average molecular weight is 316 g/mol. The van der Waals surface area contributed by atoms with Gasteiger partial charge < -0.3 is 19.9 Å². The zero-order valence-corrected chi connectivity index (χ0v) is 12.9. The predicted octanol–water partition coefficient (Wildman–Crippen LogP) is 0.743. The first kappa shape index (κ1) is 15.9. The van der Waals surface area contributed by atoms with Crippen molar-refractivity contribution >= 4 is 15.7 Å². The topological polar surface area (TPSA) is 99.9 Å². The highest BCUT2D eigenvalue weighted by molar-refractivity contribution is 7.89. The quantitative estimate of drug-likeness (QED) is 0.751. The minimum absolute atomic E-state index is 0.0127. The van der Waals surface area contributed by atoms with Gasteiger partial charge in [-0.1, -0.05) is 0 Å². The molecule has 1 unspecified atom stereocenters. The van der Waals surface area contributed by atoms with Crippen molar-refractivity contribution in [1.82, 2.24) is 4.72 Å². The minimum atomic E-state index is -3.73. The van der Waals surface area contributed by atoms with E-state index in [0.29, 0.717) is 12.4 Å². The van der Waals surface area contributed by atoms with E-state index < -0.39 is 10.0 Å². The summed E-state index contributed by atoms with van der Waals surface area (Å²) in [5.41, 5.74) is 6.01. The number of hydrogen-bond donors (Lipinski definition) is 2. The van der Waals surface area contributed by atoms with Gasteiger partial charge in [-0.05, 0) is 18.9 Å². The van der Waals surface area contributed by atoms with Crippen molar-refractivity contribution in [2.75, 3.05) is 33.1 Å². The lowest BCUT2D eigenvalue weighted by Gasteiger charge is -2.15. The summed E-state index contributed by atoms with van der Waals surface area (Å²) >= 11 is 0. The number of nitrogens with two attached hydrogens (primary N) is 1. The van der Waals surface area contributed by atoms with Crippen LogP contribution in [0.25, 0.3) is 0 Å². The Bertz CT molecular complexity index is 597. The fourth-order valence-corrected chi connectivity index (χ4v) is 3.44. The van der Waals surface area contributed by atoms with Gasteiger partial charge in [0.05, 0.1) is 26.0 Å². The van der Waals surface area contributed by atoms with E-state index in [-0.39, 0.29) is 29.0 Å². The molecule has 1 aliphatic rings. The van der Waals surface area contributed by atoms with Crippen LogP contribution in [0, 0.1) is 0 Å². The molecular formula is C13H20N2O5S. The average Bonchev–Trinajstić information content (AvgIpc) is 2.98. The third kappa shape index (κ3) is 3.58. The molecule has 118 valence electrons. The van der Waals surface area contributed by atoms with Gasteiger partial charge in [-0.25, -0.2) is 13.1 Å². The molecule has 0 aromatic heterocycles. The smallest absolute Gasteiger partial charge is 0.244 e. The molecule has 0 aliphatic carbocycles. The van der Waals surface area contributed by atoms with Crippen molar-refractivity contribution < 1.29 is 22.6 Å². The van der Waals surface area contributed by atoms with E-state index in [4.69, 9.17) is 19.9 Å². The fraction of sp³-hybridized carbons (Fsp3) is 0.538. The Labute approximate surface area is 124 Å². The van der Waals surface area contributed by atoms with Gasteiger partial charge in [0, 0.05) is 19.2 Å². The van der Waals surface area contributed by atoms with Gasteiger partial charge in [0.15, 0.2) is 0 Å².